The summed E-state index contributed by atoms with van der Waals surface area (Å²) in [5.41, 5.74) is 21.6. The summed E-state index contributed by atoms with van der Waals surface area (Å²) in [5, 5.41) is 2.63. The second-order valence-electron chi connectivity index (χ2n) is 25.8. The van der Waals surface area contributed by atoms with Crippen molar-refractivity contribution >= 4 is 95.0 Å². The molecule has 7 aromatic rings. The monoisotopic (exact) mass is 901 g/mol. The van der Waals surface area contributed by atoms with E-state index in [2.05, 4.69) is 209 Å². The van der Waals surface area contributed by atoms with E-state index in [0.29, 0.717) is 0 Å². The van der Waals surface area contributed by atoms with Gasteiger partial charge < -0.3 is 14.2 Å². The quantitative estimate of drug-likeness (QED) is 0.161. The van der Waals surface area contributed by atoms with Gasteiger partial charge in [0.25, 0.3) is 6.71 Å². The van der Waals surface area contributed by atoms with Gasteiger partial charge in [0.05, 0.1) is 11.4 Å². The Hall–Kier alpha value is -5.00. The predicted molar refractivity (Wildman–Crippen MR) is 291 cm³/mol. The third-order valence-electron chi connectivity index (χ3n) is 17.4. The second-order valence-corrected chi connectivity index (χ2v) is 26.9. The average molecular weight is 901 g/mol. The van der Waals surface area contributed by atoms with Crippen LogP contribution in [0.4, 0.5) is 34.1 Å². The largest absolute Gasteiger partial charge is 0.454 e. The summed E-state index contributed by atoms with van der Waals surface area (Å²) in [6, 6.07) is 32.3. The van der Waals surface area contributed by atoms with Crippen LogP contribution in [-0.2, 0) is 38.9 Å². The van der Waals surface area contributed by atoms with E-state index in [1.54, 1.807) is 0 Å². The molecule has 2 aliphatic heterocycles. The first-order valence-corrected chi connectivity index (χ1v) is 26.2. The normalized spacial score (nSPS) is 19.5. The highest BCUT2D eigenvalue weighted by Gasteiger charge is 2.48. The van der Waals surface area contributed by atoms with Crippen LogP contribution < -0.4 is 25.5 Å². The fourth-order valence-electron chi connectivity index (χ4n) is 12.8. The van der Waals surface area contributed by atoms with Crippen LogP contribution >= 0.6 is 11.3 Å². The molecule has 2 aromatic heterocycles. The second kappa shape index (κ2) is 13.8. The first-order chi connectivity index (χ1) is 31.4. The topological polar surface area (TPSA) is 19.6 Å². The number of rotatable bonds is 2. The average Bonchev–Trinajstić information content (AvgIpc) is 3.84. The van der Waals surface area contributed by atoms with E-state index in [1.165, 1.54) is 124 Å². The molecule has 0 bridgehead atoms. The van der Waals surface area contributed by atoms with E-state index in [9.17, 15) is 0 Å². The molecule has 0 radical (unpaired) electrons. The van der Waals surface area contributed by atoms with Crippen molar-refractivity contribution < 1.29 is 4.42 Å². The van der Waals surface area contributed by atoms with Crippen molar-refractivity contribution in [1.29, 1.82) is 0 Å². The number of nitrogens with zero attached hydrogens (tertiary/aromatic N) is 2. The molecule has 5 aliphatic rings. The van der Waals surface area contributed by atoms with E-state index in [0.717, 1.165) is 29.9 Å². The molecule has 0 saturated heterocycles. The molecule has 3 nitrogen and oxygen atoms in total. The Morgan fingerprint density at radius 1 is 0.582 bits per heavy atom. The molecule has 0 atom stereocenters. The molecule has 0 spiro atoms. The number of aryl methyl sites for hydroxylation is 1. The molecule has 342 valence electrons. The third-order valence-corrected chi connectivity index (χ3v) is 18.6. The molecule has 0 N–H and O–H groups in total. The Morgan fingerprint density at radius 3 is 1.88 bits per heavy atom. The minimum atomic E-state index is -0.122. The van der Waals surface area contributed by atoms with Gasteiger partial charge in [0.1, 0.15) is 5.76 Å². The highest BCUT2D eigenvalue weighted by molar-refractivity contribution is 7.33. The van der Waals surface area contributed by atoms with E-state index in [-0.39, 0.29) is 39.2 Å². The first kappa shape index (κ1) is 43.3. The highest BCUT2D eigenvalue weighted by atomic mass is 32.1. The Balaban J connectivity index is 1.24. The lowest BCUT2D eigenvalue weighted by Crippen LogP contribution is -2.60. The number of fused-ring (bicyclic) bond motifs is 11. The zero-order chi connectivity index (χ0) is 47.1. The minimum Gasteiger partial charge on any atom is -0.454 e. The van der Waals surface area contributed by atoms with Gasteiger partial charge in [-0.25, -0.2) is 0 Å². The predicted octanol–water partition coefficient (Wildman–Crippen LogP) is 16.0. The minimum absolute atomic E-state index is 0.0326. The van der Waals surface area contributed by atoms with E-state index in [4.69, 9.17) is 4.42 Å². The molecule has 12 rings (SSSR count). The number of thiophene rings is 1. The number of para-hydroxylation sites is 1. The number of benzene rings is 5. The molecule has 0 saturated carbocycles. The zero-order valence-corrected chi connectivity index (χ0v) is 43.5. The Labute approximate surface area is 404 Å². The molecule has 0 amide bonds. The van der Waals surface area contributed by atoms with Crippen LogP contribution in [0.2, 0.25) is 0 Å². The maximum absolute atomic E-state index is 7.00. The zero-order valence-electron chi connectivity index (χ0n) is 42.7. The lowest BCUT2D eigenvalue weighted by molar-refractivity contribution is 0.332. The Bertz CT molecular complexity index is 3300. The summed E-state index contributed by atoms with van der Waals surface area (Å²) < 4.78 is 9.85. The number of hydrogen-bond donors (Lipinski definition) is 0. The van der Waals surface area contributed by atoms with Crippen molar-refractivity contribution in [2.75, 3.05) is 9.80 Å². The van der Waals surface area contributed by atoms with Gasteiger partial charge in [-0.15, -0.1) is 11.3 Å². The van der Waals surface area contributed by atoms with Crippen molar-refractivity contribution in [1.82, 2.24) is 0 Å². The van der Waals surface area contributed by atoms with E-state index >= 15 is 0 Å². The van der Waals surface area contributed by atoms with Crippen LogP contribution in [-0.4, -0.2) is 6.71 Å². The Morgan fingerprint density at radius 2 is 1.21 bits per heavy atom. The van der Waals surface area contributed by atoms with Crippen LogP contribution in [0.1, 0.15) is 174 Å². The summed E-state index contributed by atoms with van der Waals surface area (Å²) in [7, 11) is 0. The molecular weight excluding hydrogens is 832 g/mol. The van der Waals surface area contributed by atoms with Crippen molar-refractivity contribution in [3.05, 3.63) is 130 Å². The van der Waals surface area contributed by atoms with Gasteiger partial charge in [0.15, 0.2) is 5.58 Å². The van der Waals surface area contributed by atoms with Crippen molar-refractivity contribution in [2.24, 2.45) is 0 Å². The van der Waals surface area contributed by atoms with E-state index < -0.39 is 0 Å². The molecule has 4 heterocycles. The lowest BCUT2D eigenvalue weighted by Gasteiger charge is -2.45. The van der Waals surface area contributed by atoms with Gasteiger partial charge in [-0.1, -0.05) is 133 Å². The van der Waals surface area contributed by atoms with Gasteiger partial charge in [-0.3, -0.25) is 0 Å². The van der Waals surface area contributed by atoms with E-state index in [1.807, 2.05) is 0 Å². The fraction of sp³-hybridized carbons (Fsp3) is 0.419. The van der Waals surface area contributed by atoms with Crippen LogP contribution in [0.3, 0.4) is 0 Å². The van der Waals surface area contributed by atoms with Crippen LogP contribution in [0.5, 0.6) is 0 Å². The van der Waals surface area contributed by atoms with Crippen LogP contribution in [0.15, 0.2) is 89.4 Å². The lowest BCUT2D eigenvalue weighted by atomic mass is 9.36. The third kappa shape index (κ3) is 6.27. The summed E-state index contributed by atoms with van der Waals surface area (Å²) >= 11 is 2.06. The fourth-order valence-corrected chi connectivity index (χ4v) is 14.2. The van der Waals surface area contributed by atoms with Crippen molar-refractivity contribution in [3.8, 4) is 0 Å². The summed E-state index contributed by atoms with van der Waals surface area (Å²) in [6.45, 7) is 34.1. The van der Waals surface area contributed by atoms with Gasteiger partial charge in [-0.2, -0.15) is 0 Å². The maximum atomic E-state index is 7.00. The summed E-state index contributed by atoms with van der Waals surface area (Å²) in [4.78, 5) is 5.35. The standard InChI is InChI=1S/C62H69BN2OS/c1-57(2,3)36-22-25-47-46(30-36)63-53-49(31-37(58(4,5)6)32-50(53)65(47)48-20-17-19-40-39-18-15-16-21-51(39)66-55(40)48)64(38-23-24-42-43(33-38)60(9,10)27-26-59(42,7)8)54-41-34-44-45(35-52(41)67-56(54)63)62(13,14)29-28-61(44,11)12/h16-17,19-25,30-35H,15,18,26-29H2,1-14H3. The summed E-state index contributed by atoms with van der Waals surface area (Å²) in [6.07, 6.45) is 11.3. The van der Waals surface area contributed by atoms with Crippen LogP contribution in [0, 0.1) is 0 Å². The van der Waals surface area contributed by atoms with Gasteiger partial charge in [-0.05, 0) is 170 Å². The molecule has 3 aliphatic carbocycles. The Kier molecular flexibility index (Phi) is 8.94. The number of anilines is 6. The molecule has 0 unspecified atom stereocenters. The molecule has 0 fully saturated rings. The SMILES string of the molecule is CC(C)(C)c1ccc2c(c1)B1c3sc4cc5c(cc4c3N(c3ccc4c(c3)C(C)(C)CCC4(C)C)c3cc(C(C)(C)C)cc(c31)N2c1cccc2c3c(oc12)C=CCC3)C(C)(C)CCC5(C)C. The number of furan rings is 1. The molecule has 5 aromatic carbocycles. The highest BCUT2D eigenvalue weighted by Crippen LogP contribution is 2.55. The number of hydrogen-bond acceptors (Lipinski definition) is 4. The molecular formula is C62H69BN2OS. The summed E-state index contributed by atoms with van der Waals surface area (Å²) in [5.74, 6) is 1.01. The first-order valence-electron chi connectivity index (χ1n) is 25.4. The van der Waals surface area contributed by atoms with Crippen molar-refractivity contribution in [2.45, 2.75) is 168 Å². The smallest absolute Gasteiger partial charge is 0.264 e. The molecule has 5 heteroatoms. The molecule has 67 heavy (non-hydrogen) atoms. The van der Waals surface area contributed by atoms with Gasteiger partial charge >= 0.3 is 0 Å². The number of allylic oxidation sites excluding steroid dienone is 1. The van der Waals surface area contributed by atoms with Crippen molar-refractivity contribution in [3.63, 3.8) is 0 Å². The van der Waals surface area contributed by atoms with Crippen LogP contribution in [0.25, 0.3) is 27.1 Å². The maximum Gasteiger partial charge on any atom is 0.264 e. The van der Waals surface area contributed by atoms with Gasteiger partial charge in [0, 0.05) is 48.6 Å². The van der Waals surface area contributed by atoms with Gasteiger partial charge in [0.2, 0.25) is 0 Å².